The highest BCUT2D eigenvalue weighted by Crippen LogP contribution is 2.24. The van der Waals surface area contributed by atoms with Gasteiger partial charge in [-0.05, 0) is 31.0 Å². The van der Waals surface area contributed by atoms with Crippen LogP contribution in [0.2, 0.25) is 0 Å². The van der Waals surface area contributed by atoms with Crippen molar-refractivity contribution in [3.05, 3.63) is 41.2 Å². The Morgan fingerprint density at radius 3 is 2.35 bits per heavy atom. The summed E-state index contributed by atoms with van der Waals surface area (Å²) in [6.45, 7) is 8.20. The number of anilines is 3. The molecule has 0 amide bonds. The van der Waals surface area contributed by atoms with Gasteiger partial charge in [0.2, 0.25) is 0 Å². The van der Waals surface area contributed by atoms with E-state index in [1.165, 1.54) is 5.56 Å². The minimum Gasteiger partial charge on any atom is -0.383 e. The standard InChI is InChI=1S/C16H22N4/c1-5-12-6-8-13(9-7-12)18-16-11(4)14(17)19-15(20-16)10(2)3/h6-10H,5H2,1-4H3,(H3,17,18,19,20). The number of nitrogens with zero attached hydrogens (tertiary/aromatic N) is 2. The molecule has 2 aromatic rings. The van der Waals surface area contributed by atoms with Crippen LogP contribution in [0.3, 0.4) is 0 Å². The second kappa shape index (κ2) is 5.90. The summed E-state index contributed by atoms with van der Waals surface area (Å²) in [5, 5.41) is 3.33. The molecule has 2 rings (SSSR count). The van der Waals surface area contributed by atoms with Crippen molar-refractivity contribution in [2.24, 2.45) is 0 Å². The van der Waals surface area contributed by atoms with Gasteiger partial charge in [-0.15, -0.1) is 0 Å². The van der Waals surface area contributed by atoms with Crippen LogP contribution >= 0.6 is 0 Å². The Balaban J connectivity index is 2.31. The summed E-state index contributed by atoms with van der Waals surface area (Å²) in [4.78, 5) is 8.90. The molecule has 0 bridgehead atoms. The fourth-order valence-corrected chi connectivity index (χ4v) is 1.89. The second-order valence-corrected chi connectivity index (χ2v) is 5.27. The SMILES string of the molecule is CCc1ccc(Nc2nc(C(C)C)nc(N)c2C)cc1. The van der Waals surface area contributed by atoms with E-state index in [1.54, 1.807) is 0 Å². The van der Waals surface area contributed by atoms with E-state index in [0.29, 0.717) is 5.82 Å². The first kappa shape index (κ1) is 14.3. The van der Waals surface area contributed by atoms with Gasteiger partial charge in [-0.25, -0.2) is 9.97 Å². The average Bonchev–Trinajstić information content (AvgIpc) is 2.44. The van der Waals surface area contributed by atoms with Gasteiger partial charge in [0, 0.05) is 17.2 Å². The molecule has 0 saturated heterocycles. The van der Waals surface area contributed by atoms with Crippen LogP contribution in [-0.4, -0.2) is 9.97 Å². The predicted molar refractivity (Wildman–Crippen MR) is 84.4 cm³/mol. The molecular formula is C16H22N4. The first-order valence-corrected chi connectivity index (χ1v) is 7.01. The van der Waals surface area contributed by atoms with Gasteiger partial charge in [-0.2, -0.15) is 0 Å². The molecule has 4 nitrogen and oxygen atoms in total. The number of nitrogen functional groups attached to an aromatic ring is 1. The van der Waals surface area contributed by atoms with Crippen LogP contribution in [0.5, 0.6) is 0 Å². The van der Waals surface area contributed by atoms with Gasteiger partial charge in [-0.3, -0.25) is 0 Å². The molecule has 0 fully saturated rings. The summed E-state index contributed by atoms with van der Waals surface area (Å²) in [5.41, 5.74) is 9.18. The molecule has 0 aliphatic carbocycles. The van der Waals surface area contributed by atoms with Gasteiger partial charge >= 0.3 is 0 Å². The Kier molecular flexibility index (Phi) is 4.23. The smallest absolute Gasteiger partial charge is 0.139 e. The van der Waals surface area contributed by atoms with E-state index in [-0.39, 0.29) is 5.92 Å². The van der Waals surface area contributed by atoms with E-state index in [9.17, 15) is 0 Å². The van der Waals surface area contributed by atoms with Crippen LogP contribution in [0.1, 0.15) is 43.6 Å². The molecule has 1 aromatic heterocycles. The van der Waals surface area contributed by atoms with Crippen molar-refractivity contribution in [3.63, 3.8) is 0 Å². The lowest BCUT2D eigenvalue weighted by atomic mass is 10.1. The van der Waals surface area contributed by atoms with Crippen LogP contribution in [-0.2, 0) is 6.42 Å². The predicted octanol–water partition coefficient (Wildman–Crippen LogP) is 3.80. The Morgan fingerprint density at radius 2 is 1.80 bits per heavy atom. The molecule has 0 spiro atoms. The van der Waals surface area contributed by atoms with Crippen molar-refractivity contribution in [2.75, 3.05) is 11.1 Å². The minimum absolute atomic E-state index is 0.251. The first-order valence-electron chi connectivity index (χ1n) is 7.01. The molecule has 4 heteroatoms. The molecule has 0 unspecified atom stereocenters. The minimum atomic E-state index is 0.251. The molecule has 1 aromatic carbocycles. The number of aromatic nitrogens is 2. The van der Waals surface area contributed by atoms with Crippen molar-refractivity contribution in [3.8, 4) is 0 Å². The molecule has 20 heavy (non-hydrogen) atoms. The van der Waals surface area contributed by atoms with E-state index >= 15 is 0 Å². The van der Waals surface area contributed by atoms with Gasteiger partial charge in [0.15, 0.2) is 0 Å². The third kappa shape index (κ3) is 3.07. The largest absolute Gasteiger partial charge is 0.383 e. The molecule has 106 valence electrons. The Bertz CT molecular complexity index is 588. The summed E-state index contributed by atoms with van der Waals surface area (Å²) in [7, 11) is 0. The Labute approximate surface area is 120 Å². The van der Waals surface area contributed by atoms with E-state index in [0.717, 1.165) is 29.3 Å². The van der Waals surface area contributed by atoms with Gasteiger partial charge in [0.25, 0.3) is 0 Å². The quantitative estimate of drug-likeness (QED) is 0.887. The number of hydrogen-bond donors (Lipinski definition) is 2. The lowest BCUT2D eigenvalue weighted by Crippen LogP contribution is -2.08. The van der Waals surface area contributed by atoms with E-state index in [2.05, 4.69) is 60.3 Å². The topological polar surface area (TPSA) is 63.8 Å². The van der Waals surface area contributed by atoms with Crippen molar-refractivity contribution in [1.82, 2.24) is 9.97 Å². The van der Waals surface area contributed by atoms with Gasteiger partial charge in [0.1, 0.15) is 17.5 Å². The normalized spacial score (nSPS) is 10.8. The maximum atomic E-state index is 5.97. The third-order valence-corrected chi connectivity index (χ3v) is 3.34. The third-order valence-electron chi connectivity index (χ3n) is 3.34. The number of benzene rings is 1. The highest BCUT2D eigenvalue weighted by molar-refractivity contribution is 5.63. The van der Waals surface area contributed by atoms with Crippen LogP contribution in [0.25, 0.3) is 0 Å². The van der Waals surface area contributed by atoms with Crippen LogP contribution in [0.4, 0.5) is 17.3 Å². The number of aryl methyl sites for hydroxylation is 1. The lowest BCUT2D eigenvalue weighted by Gasteiger charge is -2.13. The number of nitrogens with two attached hydrogens (primary N) is 1. The fourth-order valence-electron chi connectivity index (χ4n) is 1.89. The molecule has 0 aliphatic rings. The molecule has 0 radical (unpaired) electrons. The van der Waals surface area contributed by atoms with Crippen molar-refractivity contribution >= 4 is 17.3 Å². The second-order valence-electron chi connectivity index (χ2n) is 5.27. The molecular weight excluding hydrogens is 248 g/mol. The lowest BCUT2D eigenvalue weighted by molar-refractivity contribution is 0.776. The van der Waals surface area contributed by atoms with E-state index in [4.69, 9.17) is 5.73 Å². The van der Waals surface area contributed by atoms with Crippen LogP contribution < -0.4 is 11.1 Å². The summed E-state index contributed by atoms with van der Waals surface area (Å²) in [5.74, 6) is 2.34. The Morgan fingerprint density at radius 1 is 1.15 bits per heavy atom. The van der Waals surface area contributed by atoms with Crippen molar-refractivity contribution in [2.45, 2.75) is 40.0 Å². The highest BCUT2D eigenvalue weighted by Gasteiger charge is 2.11. The summed E-state index contributed by atoms with van der Waals surface area (Å²) in [6.07, 6.45) is 1.04. The van der Waals surface area contributed by atoms with E-state index in [1.807, 2.05) is 6.92 Å². The zero-order valence-electron chi connectivity index (χ0n) is 12.6. The fraction of sp³-hybridized carbons (Fsp3) is 0.375. The van der Waals surface area contributed by atoms with Crippen LogP contribution in [0, 0.1) is 6.92 Å². The molecule has 1 heterocycles. The van der Waals surface area contributed by atoms with E-state index < -0.39 is 0 Å². The van der Waals surface area contributed by atoms with Gasteiger partial charge in [-0.1, -0.05) is 32.9 Å². The highest BCUT2D eigenvalue weighted by atomic mass is 15.1. The van der Waals surface area contributed by atoms with Crippen molar-refractivity contribution < 1.29 is 0 Å². The van der Waals surface area contributed by atoms with Crippen LogP contribution in [0.15, 0.2) is 24.3 Å². The molecule has 0 saturated carbocycles. The monoisotopic (exact) mass is 270 g/mol. The zero-order valence-corrected chi connectivity index (χ0v) is 12.6. The van der Waals surface area contributed by atoms with Crippen molar-refractivity contribution in [1.29, 1.82) is 0 Å². The number of rotatable bonds is 4. The summed E-state index contributed by atoms with van der Waals surface area (Å²) in [6, 6.07) is 8.36. The zero-order chi connectivity index (χ0) is 14.7. The molecule has 0 atom stereocenters. The molecule has 0 aliphatic heterocycles. The first-order chi connectivity index (χ1) is 9.51. The maximum absolute atomic E-state index is 5.97. The number of hydrogen-bond acceptors (Lipinski definition) is 4. The summed E-state index contributed by atoms with van der Waals surface area (Å²) < 4.78 is 0. The summed E-state index contributed by atoms with van der Waals surface area (Å²) >= 11 is 0. The van der Waals surface area contributed by atoms with Gasteiger partial charge < -0.3 is 11.1 Å². The molecule has 3 N–H and O–H groups in total. The Hall–Kier alpha value is -2.10. The van der Waals surface area contributed by atoms with Gasteiger partial charge in [0.05, 0.1) is 0 Å². The average molecular weight is 270 g/mol. The maximum Gasteiger partial charge on any atom is 0.139 e. The number of nitrogens with one attached hydrogen (secondary N) is 1.